The van der Waals surface area contributed by atoms with Crippen molar-refractivity contribution in [3.05, 3.63) is 16.1 Å². The molecule has 0 spiro atoms. The van der Waals surface area contributed by atoms with Crippen LogP contribution in [0, 0.1) is 6.92 Å². The SMILES string of the molecule is Cc1ncsc1CNC(=O)N1CCOC(C(=O)O)C1. The summed E-state index contributed by atoms with van der Waals surface area (Å²) in [6, 6.07) is -0.276. The average molecular weight is 285 g/mol. The molecule has 0 aliphatic carbocycles. The van der Waals surface area contributed by atoms with Gasteiger partial charge in [-0.15, -0.1) is 11.3 Å². The Morgan fingerprint density at radius 2 is 2.47 bits per heavy atom. The Hall–Kier alpha value is -1.67. The highest BCUT2D eigenvalue weighted by atomic mass is 32.1. The number of morpholine rings is 1. The summed E-state index contributed by atoms with van der Waals surface area (Å²) in [6.45, 7) is 3.00. The van der Waals surface area contributed by atoms with Gasteiger partial charge in [0.1, 0.15) is 0 Å². The first-order valence-corrected chi connectivity index (χ1v) is 6.72. The number of carbonyl (C=O) groups excluding carboxylic acids is 1. The van der Waals surface area contributed by atoms with Crippen molar-refractivity contribution < 1.29 is 19.4 Å². The first kappa shape index (κ1) is 13.8. The van der Waals surface area contributed by atoms with E-state index in [0.29, 0.717) is 13.1 Å². The second kappa shape index (κ2) is 5.98. The molecule has 2 N–H and O–H groups in total. The van der Waals surface area contributed by atoms with E-state index in [1.165, 1.54) is 16.2 Å². The lowest BCUT2D eigenvalue weighted by Gasteiger charge is -2.30. The van der Waals surface area contributed by atoms with E-state index in [9.17, 15) is 9.59 Å². The first-order valence-electron chi connectivity index (χ1n) is 5.84. The maximum absolute atomic E-state index is 11.9. The maximum atomic E-state index is 11.9. The molecule has 19 heavy (non-hydrogen) atoms. The number of aromatic nitrogens is 1. The van der Waals surface area contributed by atoms with Gasteiger partial charge in [-0.3, -0.25) is 0 Å². The number of nitrogens with one attached hydrogen (secondary N) is 1. The fourth-order valence-corrected chi connectivity index (χ4v) is 2.46. The number of hydrogen-bond donors (Lipinski definition) is 2. The number of carboxylic acids is 1. The van der Waals surface area contributed by atoms with Gasteiger partial charge in [-0.1, -0.05) is 0 Å². The molecule has 2 heterocycles. The third-order valence-electron chi connectivity index (χ3n) is 2.87. The van der Waals surface area contributed by atoms with Gasteiger partial charge in [-0.2, -0.15) is 0 Å². The summed E-state index contributed by atoms with van der Waals surface area (Å²) >= 11 is 1.48. The Balaban J connectivity index is 1.86. The second-order valence-corrected chi connectivity index (χ2v) is 5.10. The molecule has 2 amide bonds. The Morgan fingerprint density at radius 1 is 1.68 bits per heavy atom. The Bertz CT molecular complexity index is 476. The summed E-state index contributed by atoms with van der Waals surface area (Å²) in [6.07, 6.45) is -0.940. The molecular formula is C11H15N3O4S. The number of amides is 2. The molecule has 1 aliphatic rings. The summed E-state index contributed by atoms with van der Waals surface area (Å²) in [4.78, 5) is 29.3. The molecule has 2 rings (SSSR count). The number of carbonyl (C=O) groups is 2. The van der Waals surface area contributed by atoms with Crippen LogP contribution in [0.1, 0.15) is 10.6 Å². The van der Waals surface area contributed by atoms with E-state index in [1.807, 2.05) is 6.92 Å². The topological polar surface area (TPSA) is 91.8 Å². The van der Waals surface area contributed by atoms with Crippen LogP contribution in [0.4, 0.5) is 4.79 Å². The van der Waals surface area contributed by atoms with Crippen molar-refractivity contribution in [1.29, 1.82) is 0 Å². The van der Waals surface area contributed by atoms with Crippen molar-refractivity contribution in [2.45, 2.75) is 19.6 Å². The Morgan fingerprint density at radius 3 is 3.11 bits per heavy atom. The van der Waals surface area contributed by atoms with Crippen molar-refractivity contribution in [1.82, 2.24) is 15.2 Å². The molecule has 1 unspecified atom stereocenters. The first-order chi connectivity index (χ1) is 9.08. The third-order valence-corrected chi connectivity index (χ3v) is 3.81. The fourth-order valence-electron chi connectivity index (χ4n) is 1.75. The van der Waals surface area contributed by atoms with Crippen LogP contribution >= 0.6 is 11.3 Å². The number of carboxylic acid groups (broad SMARTS) is 1. The Kier molecular flexibility index (Phi) is 4.33. The smallest absolute Gasteiger partial charge is 0.334 e. The predicted molar refractivity (Wildman–Crippen MR) is 68.0 cm³/mol. The predicted octanol–water partition coefficient (Wildman–Crippen LogP) is 0.447. The van der Waals surface area contributed by atoms with Gasteiger partial charge in [-0.25, -0.2) is 14.6 Å². The summed E-state index contributed by atoms with van der Waals surface area (Å²) in [5.41, 5.74) is 2.63. The molecule has 1 fully saturated rings. The standard InChI is InChI=1S/C11H15N3O4S/c1-7-9(19-6-13-7)4-12-11(17)14-2-3-18-8(5-14)10(15)16/h6,8H,2-5H2,1H3,(H,12,17)(H,15,16). The number of ether oxygens (including phenoxy) is 1. The van der Waals surface area contributed by atoms with Gasteiger partial charge in [0.25, 0.3) is 0 Å². The van der Waals surface area contributed by atoms with Crippen LogP contribution in [-0.2, 0) is 16.1 Å². The summed E-state index contributed by atoms with van der Waals surface area (Å²) < 4.78 is 5.06. The third kappa shape index (κ3) is 3.42. The number of urea groups is 1. The Labute approximate surface area is 114 Å². The summed E-state index contributed by atoms with van der Waals surface area (Å²) in [7, 11) is 0. The minimum Gasteiger partial charge on any atom is -0.479 e. The molecule has 7 nitrogen and oxygen atoms in total. The van der Waals surface area contributed by atoms with Gasteiger partial charge in [0.05, 0.1) is 30.9 Å². The fraction of sp³-hybridized carbons (Fsp3) is 0.545. The number of nitrogens with zero attached hydrogens (tertiary/aromatic N) is 2. The van der Waals surface area contributed by atoms with Crippen LogP contribution in [0.5, 0.6) is 0 Å². The number of aliphatic carboxylic acids is 1. The zero-order chi connectivity index (χ0) is 13.8. The largest absolute Gasteiger partial charge is 0.479 e. The number of aryl methyl sites for hydroxylation is 1. The van der Waals surface area contributed by atoms with E-state index in [4.69, 9.17) is 9.84 Å². The summed E-state index contributed by atoms with van der Waals surface area (Å²) in [5, 5.41) is 11.6. The highest BCUT2D eigenvalue weighted by Crippen LogP contribution is 2.12. The van der Waals surface area contributed by atoms with Gasteiger partial charge < -0.3 is 20.1 Å². The highest BCUT2D eigenvalue weighted by molar-refractivity contribution is 7.09. The molecule has 1 aromatic heterocycles. The second-order valence-electron chi connectivity index (χ2n) is 4.16. The van der Waals surface area contributed by atoms with E-state index >= 15 is 0 Å². The van der Waals surface area contributed by atoms with Crippen LogP contribution in [0.2, 0.25) is 0 Å². The molecule has 1 aliphatic heterocycles. The normalized spacial score (nSPS) is 19.2. The lowest BCUT2D eigenvalue weighted by Crippen LogP contribution is -2.51. The van der Waals surface area contributed by atoms with Crippen LogP contribution in [0.3, 0.4) is 0 Å². The minimum absolute atomic E-state index is 0.0723. The van der Waals surface area contributed by atoms with E-state index in [0.717, 1.165) is 10.6 Å². The van der Waals surface area contributed by atoms with Gasteiger partial charge in [0, 0.05) is 11.4 Å². The van der Waals surface area contributed by atoms with E-state index < -0.39 is 12.1 Å². The molecule has 8 heteroatoms. The van der Waals surface area contributed by atoms with Crippen LogP contribution < -0.4 is 5.32 Å². The number of rotatable bonds is 3. The van der Waals surface area contributed by atoms with Crippen LogP contribution in [0.15, 0.2) is 5.51 Å². The maximum Gasteiger partial charge on any atom is 0.334 e. The molecule has 0 saturated carbocycles. The zero-order valence-electron chi connectivity index (χ0n) is 10.5. The van der Waals surface area contributed by atoms with Crippen molar-refractivity contribution >= 4 is 23.3 Å². The number of thiazole rings is 1. The highest BCUT2D eigenvalue weighted by Gasteiger charge is 2.28. The van der Waals surface area contributed by atoms with Crippen LogP contribution in [-0.4, -0.2) is 52.8 Å². The zero-order valence-corrected chi connectivity index (χ0v) is 11.3. The van der Waals surface area contributed by atoms with Gasteiger partial charge in [0.2, 0.25) is 0 Å². The van der Waals surface area contributed by atoms with Crippen molar-refractivity contribution in [3.8, 4) is 0 Å². The molecule has 1 aromatic rings. The number of hydrogen-bond acceptors (Lipinski definition) is 5. The van der Waals surface area contributed by atoms with Gasteiger partial charge in [-0.05, 0) is 6.92 Å². The monoisotopic (exact) mass is 285 g/mol. The van der Waals surface area contributed by atoms with E-state index in [2.05, 4.69) is 10.3 Å². The van der Waals surface area contributed by atoms with Crippen molar-refractivity contribution in [3.63, 3.8) is 0 Å². The minimum atomic E-state index is -1.05. The molecule has 1 saturated heterocycles. The molecule has 0 radical (unpaired) electrons. The summed E-state index contributed by atoms with van der Waals surface area (Å²) in [5.74, 6) is -1.05. The van der Waals surface area contributed by atoms with Crippen molar-refractivity contribution in [2.24, 2.45) is 0 Å². The van der Waals surface area contributed by atoms with E-state index in [1.54, 1.807) is 5.51 Å². The average Bonchev–Trinajstić information content (AvgIpc) is 2.81. The van der Waals surface area contributed by atoms with Crippen molar-refractivity contribution in [2.75, 3.05) is 19.7 Å². The molecule has 0 bridgehead atoms. The lowest BCUT2D eigenvalue weighted by atomic mass is 10.3. The molecule has 0 aromatic carbocycles. The van der Waals surface area contributed by atoms with Crippen LogP contribution in [0.25, 0.3) is 0 Å². The lowest BCUT2D eigenvalue weighted by molar-refractivity contribution is -0.154. The molecule has 104 valence electrons. The van der Waals surface area contributed by atoms with E-state index in [-0.39, 0.29) is 19.2 Å². The van der Waals surface area contributed by atoms with Gasteiger partial charge >= 0.3 is 12.0 Å². The quantitative estimate of drug-likeness (QED) is 0.841. The molecular weight excluding hydrogens is 270 g/mol. The van der Waals surface area contributed by atoms with Gasteiger partial charge in [0.15, 0.2) is 6.10 Å². The molecule has 1 atom stereocenters.